The molecule has 0 aliphatic rings. The predicted octanol–water partition coefficient (Wildman–Crippen LogP) is 5.83. The zero-order chi connectivity index (χ0) is 14.3. The van der Waals surface area contributed by atoms with Crippen molar-refractivity contribution in [2.45, 2.75) is 13.8 Å². The third kappa shape index (κ3) is 2.07. The lowest BCUT2D eigenvalue weighted by Crippen LogP contribution is -1.94. The highest BCUT2D eigenvalue weighted by atomic mass is 35.5. The predicted molar refractivity (Wildman–Crippen MR) is 86.7 cm³/mol. The first kappa shape index (κ1) is 13.4. The molecule has 1 heterocycles. The van der Waals surface area contributed by atoms with Gasteiger partial charge in [-0.25, -0.2) is 4.98 Å². The van der Waals surface area contributed by atoms with Crippen LogP contribution in [0.25, 0.3) is 22.2 Å². The minimum absolute atomic E-state index is 0.644. The summed E-state index contributed by atoms with van der Waals surface area (Å²) in [6.45, 7) is 4.00. The molecule has 1 aromatic heterocycles. The molecule has 0 aliphatic heterocycles. The Labute approximate surface area is 128 Å². The molecular weight excluding hydrogens is 289 g/mol. The van der Waals surface area contributed by atoms with Crippen LogP contribution in [0.15, 0.2) is 42.5 Å². The Balaban J connectivity index is 2.42. The van der Waals surface area contributed by atoms with Gasteiger partial charge in [0, 0.05) is 10.9 Å². The minimum atomic E-state index is 0.644. The van der Waals surface area contributed by atoms with Crippen LogP contribution in [0, 0.1) is 13.8 Å². The molecule has 0 amide bonds. The van der Waals surface area contributed by atoms with Gasteiger partial charge >= 0.3 is 0 Å². The van der Waals surface area contributed by atoms with Gasteiger partial charge in [0.15, 0.2) is 0 Å². The third-order valence-electron chi connectivity index (χ3n) is 3.50. The highest BCUT2D eigenvalue weighted by Gasteiger charge is 2.15. The first-order valence-corrected chi connectivity index (χ1v) is 7.15. The number of hydrogen-bond donors (Lipinski definition) is 0. The fourth-order valence-electron chi connectivity index (χ4n) is 2.39. The lowest BCUT2D eigenvalue weighted by Gasteiger charge is -2.13. The number of rotatable bonds is 1. The van der Waals surface area contributed by atoms with Crippen molar-refractivity contribution in [1.82, 2.24) is 4.98 Å². The van der Waals surface area contributed by atoms with Gasteiger partial charge in [0.1, 0.15) is 0 Å². The van der Waals surface area contributed by atoms with Crippen molar-refractivity contribution in [1.29, 1.82) is 0 Å². The molecule has 0 bridgehead atoms. The van der Waals surface area contributed by atoms with E-state index in [2.05, 4.69) is 0 Å². The zero-order valence-corrected chi connectivity index (χ0v) is 12.8. The van der Waals surface area contributed by atoms with Crippen LogP contribution in [0.2, 0.25) is 10.0 Å². The molecule has 0 spiro atoms. The molecule has 3 heteroatoms. The van der Waals surface area contributed by atoms with Gasteiger partial charge in [-0.2, -0.15) is 0 Å². The van der Waals surface area contributed by atoms with Crippen LogP contribution in [0.5, 0.6) is 0 Å². The lowest BCUT2D eigenvalue weighted by atomic mass is 10.0. The quantitative estimate of drug-likeness (QED) is 0.551. The van der Waals surface area contributed by atoms with E-state index >= 15 is 0 Å². The second-order valence-electron chi connectivity index (χ2n) is 4.85. The van der Waals surface area contributed by atoms with E-state index in [1.807, 2.05) is 56.3 Å². The number of fused-ring (bicyclic) bond motifs is 1. The van der Waals surface area contributed by atoms with Crippen LogP contribution in [0.3, 0.4) is 0 Å². The summed E-state index contributed by atoms with van der Waals surface area (Å²) in [6.07, 6.45) is 0. The van der Waals surface area contributed by atoms with Gasteiger partial charge in [0.2, 0.25) is 0 Å². The molecule has 0 atom stereocenters. The van der Waals surface area contributed by atoms with E-state index in [0.29, 0.717) is 10.0 Å². The maximum Gasteiger partial charge on any atom is 0.0768 e. The molecule has 0 saturated heterocycles. The van der Waals surface area contributed by atoms with Crippen molar-refractivity contribution in [3.05, 3.63) is 63.6 Å². The Morgan fingerprint density at radius 1 is 0.900 bits per heavy atom. The Kier molecular flexibility index (Phi) is 3.41. The Bertz CT molecular complexity index is 795. The molecular formula is C17H13Cl2N. The van der Waals surface area contributed by atoms with E-state index in [1.54, 1.807) is 0 Å². The summed E-state index contributed by atoms with van der Waals surface area (Å²) < 4.78 is 0. The number of aromatic nitrogens is 1. The molecule has 0 saturated carbocycles. The van der Waals surface area contributed by atoms with E-state index < -0.39 is 0 Å². The summed E-state index contributed by atoms with van der Waals surface area (Å²) in [4.78, 5) is 4.80. The smallest absolute Gasteiger partial charge is 0.0768 e. The number of pyridine rings is 1. The van der Waals surface area contributed by atoms with Crippen LogP contribution in [-0.4, -0.2) is 4.98 Å². The fraction of sp³-hybridized carbons (Fsp3) is 0.118. The number of aryl methyl sites for hydroxylation is 1. The van der Waals surface area contributed by atoms with Gasteiger partial charge in [-0.05, 0) is 31.0 Å². The van der Waals surface area contributed by atoms with Crippen molar-refractivity contribution >= 4 is 34.1 Å². The van der Waals surface area contributed by atoms with Gasteiger partial charge in [0.05, 0.1) is 21.3 Å². The molecule has 3 rings (SSSR count). The van der Waals surface area contributed by atoms with Gasteiger partial charge < -0.3 is 0 Å². The van der Waals surface area contributed by atoms with Crippen molar-refractivity contribution in [2.24, 2.45) is 0 Å². The highest BCUT2D eigenvalue weighted by Crippen LogP contribution is 2.37. The number of benzene rings is 2. The summed E-state index contributed by atoms with van der Waals surface area (Å²) in [6, 6.07) is 13.9. The van der Waals surface area contributed by atoms with Crippen molar-refractivity contribution in [3.63, 3.8) is 0 Å². The van der Waals surface area contributed by atoms with Crippen LogP contribution in [0.4, 0.5) is 0 Å². The molecule has 0 fully saturated rings. The maximum atomic E-state index is 6.53. The standard InChI is InChI=1S/C17H13Cl2N/c1-10-8-9-13(18)14-15(19)11(2)17(20-16(10)14)12-6-4-3-5-7-12/h3-9H,1-2H3. The van der Waals surface area contributed by atoms with Crippen LogP contribution in [-0.2, 0) is 0 Å². The topological polar surface area (TPSA) is 12.9 Å². The van der Waals surface area contributed by atoms with Crippen molar-refractivity contribution in [3.8, 4) is 11.3 Å². The molecule has 20 heavy (non-hydrogen) atoms. The lowest BCUT2D eigenvalue weighted by molar-refractivity contribution is 1.31. The Morgan fingerprint density at radius 2 is 1.60 bits per heavy atom. The average Bonchev–Trinajstić information content (AvgIpc) is 2.47. The highest BCUT2D eigenvalue weighted by molar-refractivity contribution is 6.42. The number of halogens is 2. The SMILES string of the molecule is Cc1c(-c2ccccc2)nc2c(C)ccc(Cl)c2c1Cl. The summed E-state index contributed by atoms with van der Waals surface area (Å²) in [5, 5.41) is 2.17. The van der Waals surface area contributed by atoms with Crippen molar-refractivity contribution < 1.29 is 0 Å². The summed E-state index contributed by atoms with van der Waals surface area (Å²) in [5.74, 6) is 0. The molecule has 0 aliphatic carbocycles. The monoisotopic (exact) mass is 301 g/mol. The fourth-order valence-corrected chi connectivity index (χ4v) is 2.96. The van der Waals surface area contributed by atoms with E-state index in [9.17, 15) is 0 Å². The molecule has 100 valence electrons. The average molecular weight is 302 g/mol. The van der Waals surface area contributed by atoms with E-state index in [0.717, 1.165) is 33.3 Å². The van der Waals surface area contributed by atoms with Crippen LogP contribution < -0.4 is 0 Å². The van der Waals surface area contributed by atoms with E-state index in [-0.39, 0.29) is 0 Å². The van der Waals surface area contributed by atoms with Crippen molar-refractivity contribution in [2.75, 3.05) is 0 Å². The van der Waals surface area contributed by atoms with Gasteiger partial charge in [0.25, 0.3) is 0 Å². The Hall–Kier alpha value is -1.57. The van der Waals surface area contributed by atoms with E-state index in [4.69, 9.17) is 28.2 Å². The minimum Gasteiger partial charge on any atom is -0.247 e. The number of nitrogens with zero attached hydrogens (tertiary/aromatic N) is 1. The first-order chi connectivity index (χ1) is 9.59. The third-order valence-corrected chi connectivity index (χ3v) is 4.29. The maximum absolute atomic E-state index is 6.53. The molecule has 0 unspecified atom stereocenters. The second kappa shape index (κ2) is 5.08. The molecule has 3 aromatic rings. The zero-order valence-electron chi connectivity index (χ0n) is 11.2. The van der Waals surface area contributed by atoms with Gasteiger partial charge in [-0.15, -0.1) is 0 Å². The van der Waals surface area contributed by atoms with Crippen LogP contribution in [0.1, 0.15) is 11.1 Å². The molecule has 0 N–H and O–H groups in total. The normalized spacial score (nSPS) is 11.0. The summed E-state index contributed by atoms with van der Waals surface area (Å²) in [7, 11) is 0. The largest absolute Gasteiger partial charge is 0.247 e. The molecule has 2 aromatic carbocycles. The Morgan fingerprint density at radius 3 is 2.30 bits per heavy atom. The molecule has 1 nitrogen and oxygen atoms in total. The number of hydrogen-bond acceptors (Lipinski definition) is 1. The van der Waals surface area contributed by atoms with E-state index in [1.165, 1.54) is 0 Å². The van der Waals surface area contributed by atoms with Gasteiger partial charge in [-0.1, -0.05) is 59.6 Å². The molecule has 0 radical (unpaired) electrons. The summed E-state index contributed by atoms with van der Waals surface area (Å²) >= 11 is 12.8. The summed E-state index contributed by atoms with van der Waals surface area (Å²) in [5.41, 5.74) is 4.87. The first-order valence-electron chi connectivity index (χ1n) is 6.40. The second-order valence-corrected chi connectivity index (χ2v) is 5.64. The van der Waals surface area contributed by atoms with Crippen LogP contribution >= 0.6 is 23.2 Å². The van der Waals surface area contributed by atoms with Gasteiger partial charge in [-0.3, -0.25) is 0 Å².